The fourth-order valence-corrected chi connectivity index (χ4v) is 3.52. The Kier molecular flexibility index (Phi) is 4.14. The smallest absolute Gasteiger partial charge is 0.124 e. The van der Waals surface area contributed by atoms with Crippen molar-refractivity contribution < 1.29 is 0 Å². The van der Waals surface area contributed by atoms with Crippen molar-refractivity contribution in [1.29, 1.82) is 5.26 Å². The molecule has 5 heteroatoms. The van der Waals surface area contributed by atoms with Crippen LogP contribution in [0.25, 0.3) is 11.0 Å². The number of rotatable bonds is 4. The molecule has 21 heavy (non-hydrogen) atoms. The highest BCUT2D eigenvalue weighted by Gasteiger charge is 2.25. The minimum Gasteiger partial charge on any atom is -0.325 e. The molecule has 0 aliphatic carbocycles. The molecule has 4 nitrogen and oxygen atoms in total. The highest BCUT2D eigenvalue weighted by molar-refractivity contribution is 6.16. The summed E-state index contributed by atoms with van der Waals surface area (Å²) >= 11 is 6.07. The number of nitrogens with zero attached hydrogens (tertiary/aromatic N) is 4. The average Bonchev–Trinajstić information content (AvgIpc) is 3.11. The predicted molar refractivity (Wildman–Crippen MR) is 84.3 cm³/mol. The Bertz CT molecular complexity index is 685. The van der Waals surface area contributed by atoms with Gasteiger partial charge in [-0.05, 0) is 38.1 Å². The topological polar surface area (TPSA) is 44.9 Å². The molecule has 1 saturated heterocycles. The Morgan fingerprint density at radius 3 is 3.05 bits per heavy atom. The van der Waals surface area contributed by atoms with Crippen LogP contribution >= 0.6 is 11.6 Å². The van der Waals surface area contributed by atoms with Gasteiger partial charge in [-0.3, -0.25) is 4.90 Å². The van der Waals surface area contributed by atoms with Gasteiger partial charge in [-0.15, -0.1) is 11.6 Å². The first-order valence-corrected chi connectivity index (χ1v) is 8.00. The first kappa shape index (κ1) is 14.4. The number of aromatic nitrogens is 2. The summed E-state index contributed by atoms with van der Waals surface area (Å²) in [7, 11) is 0. The summed E-state index contributed by atoms with van der Waals surface area (Å²) in [6, 6.07) is 8.52. The molecule has 1 aromatic carbocycles. The van der Waals surface area contributed by atoms with Crippen LogP contribution < -0.4 is 0 Å². The SMILES string of the molecule is CCN1CCCC1Cn1c(CCl)nc2c(C#N)cccc21. The number of halogens is 1. The second-order valence-corrected chi connectivity index (χ2v) is 5.75. The zero-order chi connectivity index (χ0) is 14.8. The molecule has 0 radical (unpaired) electrons. The molecule has 1 aromatic heterocycles. The van der Waals surface area contributed by atoms with E-state index in [4.69, 9.17) is 11.6 Å². The Morgan fingerprint density at radius 1 is 1.48 bits per heavy atom. The van der Waals surface area contributed by atoms with E-state index in [1.165, 1.54) is 19.4 Å². The van der Waals surface area contributed by atoms with Crippen LogP contribution in [0.5, 0.6) is 0 Å². The van der Waals surface area contributed by atoms with Crippen LogP contribution in [-0.4, -0.2) is 33.6 Å². The molecule has 1 aliphatic heterocycles. The van der Waals surface area contributed by atoms with Gasteiger partial charge in [0, 0.05) is 12.6 Å². The van der Waals surface area contributed by atoms with Gasteiger partial charge in [0.15, 0.2) is 0 Å². The van der Waals surface area contributed by atoms with E-state index in [1.807, 2.05) is 18.2 Å². The normalized spacial score (nSPS) is 19.2. The fraction of sp³-hybridized carbons (Fsp3) is 0.500. The van der Waals surface area contributed by atoms with Crippen molar-refractivity contribution in [3.05, 3.63) is 29.6 Å². The Labute approximate surface area is 129 Å². The second kappa shape index (κ2) is 6.05. The Balaban J connectivity index is 2.03. The van der Waals surface area contributed by atoms with Crippen molar-refractivity contribution >= 4 is 22.6 Å². The largest absolute Gasteiger partial charge is 0.325 e. The number of hydrogen-bond acceptors (Lipinski definition) is 3. The van der Waals surface area contributed by atoms with E-state index in [0.29, 0.717) is 17.5 Å². The van der Waals surface area contributed by atoms with Crippen molar-refractivity contribution in [2.75, 3.05) is 13.1 Å². The van der Waals surface area contributed by atoms with Crippen molar-refractivity contribution in [3.8, 4) is 6.07 Å². The van der Waals surface area contributed by atoms with Gasteiger partial charge < -0.3 is 4.57 Å². The molecular weight excluding hydrogens is 284 g/mol. The number of likely N-dealkylation sites (tertiary alicyclic amines) is 1. The molecule has 3 rings (SSSR count). The summed E-state index contributed by atoms with van der Waals surface area (Å²) in [5.41, 5.74) is 2.42. The summed E-state index contributed by atoms with van der Waals surface area (Å²) in [4.78, 5) is 7.10. The lowest BCUT2D eigenvalue weighted by molar-refractivity contribution is 0.245. The molecule has 0 N–H and O–H groups in total. The monoisotopic (exact) mass is 302 g/mol. The van der Waals surface area contributed by atoms with Crippen molar-refractivity contribution in [2.45, 2.75) is 38.2 Å². The van der Waals surface area contributed by atoms with E-state index >= 15 is 0 Å². The average molecular weight is 303 g/mol. The van der Waals surface area contributed by atoms with Crippen molar-refractivity contribution in [2.24, 2.45) is 0 Å². The molecule has 1 atom stereocenters. The van der Waals surface area contributed by atoms with Gasteiger partial charge in [-0.1, -0.05) is 13.0 Å². The third kappa shape index (κ3) is 2.52. The third-order valence-corrected chi connectivity index (χ3v) is 4.64. The molecule has 0 saturated carbocycles. The van der Waals surface area contributed by atoms with Gasteiger partial charge in [0.25, 0.3) is 0 Å². The van der Waals surface area contributed by atoms with Crippen molar-refractivity contribution in [1.82, 2.24) is 14.5 Å². The first-order valence-electron chi connectivity index (χ1n) is 7.46. The van der Waals surface area contributed by atoms with E-state index in [1.54, 1.807) is 0 Å². The number of alkyl halides is 1. The number of imidazole rings is 1. The molecular formula is C16H19ClN4. The zero-order valence-electron chi connectivity index (χ0n) is 12.2. The van der Waals surface area contributed by atoms with Crippen LogP contribution in [0.4, 0.5) is 0 Å². The van der Waals surface area contributed by atoms with Gasteiger partial charge in [-0.25, -0.2) is 4.98 Å². The number of benzene rings is 1. The lowest BCUT2D eigenvalue weighted by atomic mass is 10.2. The maximum Gasteiger partial charge on any atom is 0.124 e. The van der Waals surface area contributed by atoms with Gasteiger partial charge in [0.1, 0.15) is 17.4 Å². The lowest BCUT2D eigenvalue weighted by Gasteiger charge is -2.24. The number of fused-ring (bicyclic) bond motifs is 1. The van der Waals surface area contributed by atoms with Crippen LogP contribution in [-0.2, 0) is 12.4 Å². The highest BCUT2D eigenvalue weighted by Crippen LogP contribution is 2.25. The van der Waals surface area contributed by atoms with E-state index in [0.717, 1.165) is 29.9 Å². The predicted octanol–water partition coefficient (Wildman–Crippen LogP) is 3.13. The third-order valence-electron chi connectivity index (χ3n) is 4.40. The molecule has 1 fully saturated rings. The van der Waals surface area contributed by atoms with Gasteiger partial charge in [-0.2, -0.15) is 5.26 Å². The number of likely N-dealkylation sites (N-methyl/N-ethyl adjacent to an activating group) is 1. The summed E-state index contributed by atoms with van der Waals surface area (Å²) < 4.78 is 2.20. The molecule has 0 bridgehead atoms. The van der Waals surface area contributed by atoms with Gasteiger partial charge >= 0.3 is 0 Å². The summed E-state index contributed by atoms with van der Waals surface area (Å²) in [6.07, 6.45) is 2.47. The summed E-state index contributed by atoms with van der Waals surface area (Å²) in [5, 5.41) is 9.23. The minimum atomic E-state index is 0.373. The second-order valence-electron chi connectivity index (χ2n) is 5.48. The maximum absolute atomic E-state index is 9.23. The molecule has 2 aromatic rings. The van der Waals surface area contributed by atoms with Crippen LogP contribution in [0, 0.1) is 11.3 Å². The standard InChI is InChI=1S/C16H19ClN4/c1-2-20-8-4-6-13(20)11-21-14-7-3-5-12(10-18)16(14)19-15(21)9-17/h3,5,7,13H,2,4,6,8-9,11H2,1H3. The number of para-hydroxylation sites is 1. The fourth-order valence-electron chi connectivity index (χ4n) is 3.32. The summed E-state index contributed by atoms with van der Waals surface area (Å²) in [6.45, 7) is 5.37. The molecule has 110 valence electrons. The van der Waals surface area contributed by atoms with Crippen molar-refractivity contribution in [3.63, 3.8) is 0 Å². The van der Waals surface area contributed by atoms with Crippen LogP contribution in [0.3, 0.4) is 0 Å². The van der Waals surface area contributed by atoms with Crippen LogP contribution in [0.15, 0.2) is 18.2 Å². The quantitative estimate of drug-likeness (QED) is 0.815. The highest BCUT2D eigenvalue weighted by atomic mass is 35.5. The molecule has 0 spiro atoms. The molecule has 1 aliphatic rings. The van der Waals surface area contributed by atoms with E-state index in [-0.39, 0.29) is 0 Å². The molecule has 0 amide bonds. The number of nitriles is 1. The Hall–Kier alpha value is -1.57. The number of hydrogen-bond donors (Lipinski definition) is 0. The molecule has 2 heterocycles. The first-order chi connectivity index (χ1) is 10.3. The zero-order valence-corrected chi connectivity index (χ0v) is 13.0. The van der Waals surface area contributed by atoms with Gasteiger partial charge in [0.05, 0.1) is 17.0 Å². The van der Waals surface area contributed by atoms with Gasteiger partial charge in [0.2, 0.25) is 0 Å². The minimum absolute atomic E-state index is 0.373. The van der Waals surface area contributed by atoms with Crippen LogP contribution in [0.1, 0.15) is 31.2 Å². The molecule has 1 unspecified atom stereocenters. The lowest BCUT2D eigenvalue weighted by Crippen LogP contribution is -2.33. The summed E-state index contributed by atoms with van der Waals surface area (Å²) in [5.74, 6) is 1.23. The van der Waals surface area contributed by atoms with Crippen LogP contribution in [0.2, 0.25) is 0 Å². The van der Waals surface area contributed by atoms with E-state index in [9.17, 15) is 5.26 Å². The Morgan fingerprint density at radius 2 is 2.33 bits per heavy atom. The van der Waals surface area contributed by atoms with E-state index < -0.39 is 0 Å². The maximum atomic E-state index is 9.23. The van der Waals surface area contributed by atoms with E-state index in [2.05, 4.69) is 27.4 Å².